The molecule has 2 aromatic carbocycles. The zero-order valence-corrected chi connectivity index (χ0v) is 20.1. The first-order valence-electron chi connectivity index (χ1n) is 11.6. The number of hydrogen-bond donors (Lipinski definition) is 2. The van der Waals surface area contributed by atoms with Crippen LogP contribution in [0.1, 0.15) is 38.3 Å². The first-order chi connectivity index (χ1) is 15.9. The van der Waals surface area contributed by atoms with Crippen molar-refractivity contribution >= 4 is 32.5 Å². The molecule has 0 bridgehead atoms. The van der Waals surface area contributed by atoms with Crippen molar-refractivity contribution in [2.75, 3.05) is 38.0 Å². The Balaban J connectivity index is 1.33. The number of piperidine rings is 1. The second-order valence-corrected chi connectivity index (χ2v) is 10.5. The van der Waals surface area contributed by atoms with Gasteiger partial charge in [-0.25, -0.2) is 8.42 Å². The monoisotopic (exact) mass is 468 g/mol. The highest BCUT2D eigenvalue weighted by atomic mass is 32.2. The summed E-state index contributed by atoms with van der Waals surface area (Å²) in [4.78, 5) is 18.5. The van der Waals surface area contributed by atoms with Crippen LogP contribution in [0, 0.1) is 0 Å². The molecule has 0 unspecified atom stereocenters. The van der Waals surface area contributed by atoms with Crippen LogP contribution < -0.4 is 5.32 Å². The number of H-pyrrole nitrogens is 1. The van der Waals surface area contributed by atoms with Crippen molar-refractivity contribution < 1.29 is 13.2 Å². The summed E-state index contributed by atoms with van der Waals surface area (Å²) in [6.07, 6.45) is 2.00. The highest BCUT2D eigenvalue weighted by Gasteiger charge is 2.24. The summed E-state index contributed by atoms with van der Waals surface area (Å²) >= 11 is 0. The van der Waals surface area contributed by atoms with E-state index in [0.717, 1.165) is 25.9 Å². The molecule has 0 radical (unpaired) electrons. The maximum absolute atomic E-state index is 12.8. The SMILES string of the molecule is CCN(CC)S(=O)(=O)c1cccc(NC(=O)CN2CCC(c3cc4ccccc4[nH]3)CC2)c1. The Hall–Kier alpha value is -2.68. The van der Waals surface area contributed by atoms with Gasteiger partial charge in [-0.3, -0.25) is 9.69 Å². The molecular formula is C25H32N4O3S. The number of likely N-dealkylation sites (tertiary alicyclic amines) is 1. The molecule has 0 aliphatic carbocycles. The Morgan fingerprint density at radius 2 is 1.79 bits per heavy atom. The second-order valence-electron chi connectivity index (χ2n) is 8.53. The number of benzene rings is 2. The third-order valence-corrected chi connectivity index (χ3v) is 8.45. The molecule has 2 heterocycles. The van der Waals surface area contributed by atoms with E-state index in [1.807, 2.05) is 19.9 Å². The van der Waals surface area contributed by atoms with E-state index < -0.39 is 10.0 Å². The molecule has 1 amide bonds. The Bertz CT molecular complexity index is 1180. The number of nitrogens with zero attached hydrogens (tertiary/aromatic N) is 2. The summed E-state index contributed by atoms with van der Waals surface area (Å²) in [5, 5.41) is 4.10. The van der Waals surface area contributed by atoms with Crippen LogP contribution in [0.4, 0.5) is 5.69 Å². The van der Waals surface area contributed by atoms with Crippen LogP contribution in [0.3, 0.4) is 0 Å². The molecule has 176 valence electrons. The number of carbonyl (C=O) groups excluding carboxylic acids is 1. The normalized spacial score (nSPS) is 15.8. The first kappa shape index (κ1) is 23.5. The van der Waals surface area contributed by atoms with E-state index in [0.29, 0.717) is 31.2 Å². The third-order valence-electron chi connectivity index (χ3n) is 6.41. The lowest BCUT2D eigenvalue weighted by Crippen LogP contribution is -2.38. The number of carbonyl (C=O) groups is 1. The Morgan fingerprint density at radius 3 is 2.48 bits per heavy atom. The number of nitrogens with one attached hydrogen (secondary N) is 2. The van der Waals surface area contributed by atoms with Gasteiger partial charge in [-0.2, -0.15) is 4.31 Å². The number of sulfonamides is 1. The number of rotatable bonds is 8. The van der Waals surface area contributed by atoms with E-state index in [1.165, 1.54) is 27.0 Å². The highest BCUT2D eigenvalue weighted by molar-refractivity contribution is 7.89. The first-order valence-corrected chi connectivity index (χ1v) is 13.0. The molecule has 33 heavy (non-hydrogen) atoms. The minimum absolute atomic E-state index is 0.128. The van der Waals surface area contributed by atoms with Crippen LogP contribution in [0.2, 0.25) is 0 Å². The van der Waals surface area contributed by atoms with Gasteiger partial charge in [0.25, 0.3) is 0 Å². The fourth-order valence-corrected chi connectivity index (χ4v) is 6.07. The standard InChI is InChI=1S/C25H32N4O3S/c1-3-29(4-2)33(31,32)22-10-7-9-21(17-22)26-25(30)18-28-14-12-19(13-15-28)24-16-20-8-5-6-11-23(20)27-24/h5-11,16-17,19,27H,3-4,12-15,18H2,1-2H3,(H,26,30). The summed E-state index contributed by atoms with van der Waals surface area (Å²) in [7, 11) is -3.56. The predicted octanol–water partition coefficient (Wildman–Crippen LogP) is 4.02. The zero-order chi connectivity index (χ0) is 23.4. The number of anilines is 1. The summed E-state index contributed by atoms with van der Waals surface area (Å²) in [5.74, 6) is 0.343. The van der Waals surface area contributed by atoms with E-state index in [2.05, 4.69) is 39.5 Å². The van der Waals surface area contributed by atoms with Crippen molar-refractivity contribution in [1.29, 1.82) is 0 Å². The molecule has 2 N–H and O–H groups in total. The van der Waals surface area contributed by atoms with Crippen molar-refractivity contribution in [3.8, 4) is 0 Å². The molecule has 0 saturated carbocycles. The van der Waals surface area contributed by atoms with Gasteiger partial charge in [0.05, 0.1) is 11.4 Å². The van der Waals surface area contributed by atoms with E-state index in [9.17, 15) is 13.2 Å². The van der Waals surface area contributed by atoms with Gasteiger partial charge >= 0.3 is 0 Å². The molecule has 1 saturated heterocycles. The lowest BCUT2D eigenvalue weighted by molar-refractivity contribution is -0.117. The van der Waals surface area contributed by atoms with Crippen molar-refractivity contribution in [3.63, 3.8) is 0 Å². The molecule has 1 fully saturated rings. The number of amides is 1. The molecule has 0 atom stereocenters. The van der Waals surface area contributed by atoms with Crippen molar-refractivity contribution in [1.82, 2.24) is 14.2 Å². The van der Waals surface area contributed by atoms with Crippen molar-refractivity contribution in [2.24, 2.45) is 0 Å². The minimum Gasteiger partial charge on any atom is -0.358 e. The minimum atomic E-state index is -3.56. The van der Waals surface area contributed by atoms with Gasteiger partial charge in [-0.05, 0) is 61.6 Å². The maximum atomic E-state index is 12.8. The molecule has 1 aliphatic rings. The molecule has 8 heteroatoms. The van der Waals surface area contributed by atoms with Crippen LogP contribution in [0.15, 0.2) is 59.5 Å². The summed E-state index contributed by atoms with van der Waals surface area (Å²) in [6, 6.07) is 17.0. The molecule has 4 rings (SSSR count). The van der Waals surface area contributed by atoms with Gasteiger partial charge in [-0.1, -0.05) is 38.1 Å². The summed E-state index contributed by atoms with van der Waals surface area (Å²) in [6.45, 7) is 6.44. The molecule has 0 spiro atoms. The number of fused-ring (bicyclic) bond motifs is 1. The lowest BCUT2D eigenvalue weighted by Gasteiger charge is -2.31. The van der Waals surface area contributed by atoms with Gasteiger partial charge in [0.2, 0.25) is 15.9 Å². The van der Waals surface area contributed by atoms with E-state index >= 15 is 0 Å². The number of aromatic amines is 1. The van der Waals surface area contributed by atoms with Gasteiger partial charge < -0.3 is 10.3 Å². The number of hydrogen-bond acceptors (Lipinski definition) is 4. The van der Waals surface area contributed by atoms with Gasteiger partial charge in [-0.15, -0.1) is 0 Å². The van der Waals surface area contributed by atoms with E-state index in [4.69, 9.17) is 0 Å². The third kappa shape index (κ3) is 5.29. The zero-order valence-electron chi connectivity index (χ0n) is 19.3. The maximum Gasteiger partial charge on any atom is 0.243 e. The highest BCUT2D eigenvalue weighted by Crippen LogP contribution is 2.30. The fourth-order valence-electron chi connectivity index (χ4n) is 4.57. The number of para-hydroxylation sites is 1. The predicted molar refractivity (Wildman–Crippen MR) is 132 cm³/mol. The van der Waals surface area contributed by atoms with Crippen LogP contribution in [-0.4, -0.2) is 61.2 Å². The average molecular weight is 469 g/mol. The molecule has 1 aromatic heterocycles. The molecule has 7 nitrogen and oxygen atoms in total. The topological polar surface area (TPSA) is 85.5 Å². The van der Waals surface area contributed by atoms with Gasteiger partial charge in [0, 0.05) is 35.9 Å². The Morgan fingerprint density at radius 1 is 1.06 bits per heavy atom. The number of aromatic nitrogens is 1. The van der Waals surface area contributed by atoms with E-state index in [1.54, 1.807) is 18.2 Å². The van der Waals surface area contributed by atoms with Crippen LogP contribution in [0.25, 0.3) is 10.9 Å². The molecule has 1 aliphatic heterocycles. The second kappa shape index (κ2) is 10.1. The quantitative estimate of drug-likeness (QED) is 0.523. The molecular weight excluding hydrogens is 436 g/mol. The van der Waals surface area contributed by atoms with Crippen LogP contribution in [-0.2, 0) is 14.8 Å². The lowest BCUT2D eigenvalue weighted by atomic mass is 9.93. The summed E-state index contributed by atoms with van der Waals surface area (Å²) in [5.41, 5.74) is 2.94. The molecule has 3 aromatic rings. The van der Waals surface area contributed by atoms with Crippen LogP contribution >= 0.6 is 0 Å². The smallest absolute Gasteiger partial charge is 0.243 e. The largest absolute Gasteiger partial charge is 0.358 e. The average Bonchev–Trinajstić information content (AvgIpc) is 3.24. The van der Waals surface area contributed by atoms with Gasteiger partial charge in [0.1, 0.15) is 0 Å². The Labute approximate surface area is 195 Å². The fraction of sp³-hybridized carbons (Fsp3) is 0.400. The van der Waals surface area contributed by atoms with Gasteiger partial charge in [0.15, 0.2) is 0 Å². The van der Waals surface area contributed by atoms with E-state index in [-0.39, 0.29) is 10.8 Å². The van der Waals surface area contributed by atoms with Crippen molar-refractivity contribution in [3.05, 3.63) is 60.3 Å². The van der Waals surface area contributed by atoms with Crippen molar-refractivity contribution in [2.45, 2.75) is 37.5 Å². The Kier molecular flexibility index (Phi) is 7.17. The summed E-state index contributed by atoms with van der Waals surface area (Å²) < 4.78 is 26.9. The van der Waals surface area contributed by atoms with Crippen LogP contribution in [0.5, 0.6) is 0 Å².